The Morgan fingerprint density at radius 2 is 1.42 bits per heavy atom. The Balaban J connectivity index is 1.14. The van der Waals surface area contributed by atoms with Crippen molar-refractivity contribution in [2.24, 2.45) is 0 Å². The van der Waals surface area contributed by atoms with Gasteiger partial charge in [0.2, 0.25) is 16.7 Å². The molecule has 31 heavy (non-hydrogen) atoms. The third-order valence-electron chi connectivity index (χ3n) is 5.87. The van der Waals surface area contributed by atoms with Gasteiger partial charge in [-0.25, -0.2) is 0 Å². The molecule has 0 amide bonds. The number of hydrogen-bond donors (Lipinski definition) is 0. The van der Waals surface area contributed by atoms with Gasteiger partial charge in [0.05, 0.1) is 0 Å². The molecule has 0 saturated heterocycles. The van der Waals surface area contributed by atoms with Crippen LogP contribution in [-0.2, 0) is 17.6 Å². The van der Waals surface area contributed by atoms with E-state index in [0.29, 0.717) is 5.56 Å². The molecular formula is C27H32O3S. The van der Waals surface area contributed by atoms with Crippen LogP contribution in [0.1, 0.15) is 89.6 Å². The number of carbonyl (C=O) groups excluding carboxylic acids is 3. The maximum absolute atomic E-state index is 12.0. The number of rotatable bonds is 13. The lowest BCUT2D eigenvalue weighted by Crippen LogP contribution is -2.05. The minimum absolute atomic E-state index is 0.183. The zero-order valence-corrected chi connectivity index (χ0v) is 19.1. The quantitative estimate of drug-likeness (QED) is 0.261. The van der Waals surface area contributed by atoms with E-state index in [-0.39, 0.29) is 23.1 Å². The fraction of sp³-hybridized carbons (Fsp3) is 0.444. The Kier molecular flexibility index (Phi) is 9.54. The van der Waals surface area contributed by atoms with Gasteiger partial charge in [0.15, 0.2) is 0 Å². The molecule has 0 saturated carbocycles. The summed E-state index contributed by atoms with van der Waals surface area (Å²) in [5, 5.41) is 0.183. The highest BCUT2D eigenvalue weighted by Crippen LogP contribution is 2.22. The molecule has 4 heteroatoms. The highest BCUT2D eigenvalue weighted by atomic mass is 32.2. The average Bonchev–Trinajstić information content (AvgIpc) is 3.07. The second-order valence-corrected chi connectivity index (χ2v) is 9.42. The Morgan fingerprint density at radius 3 is 2.13 bits per heavy atom. The van der Waals surface area contributed by atoms with Gasteiger partial charge in [-0.15, -0.1) is 0 Å². The lowest BCUT2D eigenvalue weighted by molar-refractivity contribution is -0.114. The first-order valence-electron chi connectivity index (χ1n) is 11.6. The third-order valence-corrected chi connectivity index (χ3v) is 6.86. The number of thioether (sulfide) groups is 1. The molecule has 1 aliphatic rings. The number of benzene rings is 2. The molecule has 164 valence electrons. The maximum atomic E-state index is 12.0. The zero-order valence-electron chi connectivity index (χ0n) is 18.2. The van der Waals surface area contributed by atoms with Crippen molar-refractivity contribution in [2.75, 3.05) is 5.75 Å². The Bertz CT molecular complexity index is 889. The van der Waals surface area contributed by atoms with Crippen LogP contribution in [0.25, 0.3) is 0 Å². The summed E-state index contributed by atoms with van der Waals surface area (Å²) in [4.78, 5) is 35.2. The fourth-order valence-electron chi connectivity index (χ4n) is 4.06. The van der Waals surface area contributed by atoms with Gasteiger partial charge < -0.3 is 0 Å². The van der Waals surface area contributed by atoms with E-state index in [1.165, 1.54) is 62.3 Å². The molecule has 2 aromatic carbocycles. The van der Waals surface area contributed by atoms with Gasteiger partial charge in [0.25, 0.3) is 0 Å². The molecule has 1 aliphatic carbocycles. The first-order chi connectivity index (χ1) is 15.1. The van der Waals surface area contributed by atoms with E-state index in [1.807, 2.05) is 48.5 Å². The molecule has 0 spiro atoms. The normalized spacial score (nSPS) is 12.9. The van der Waals surface area contributed by atoms with E-state index in [0.717, 1.165) is 36.1 Å². The van der Waals surface area contributed by atoms with Gasteiger partial charge >= 0.3 is 0 Å². The minimum atomic E-state index is -0.319. The van der Waals surface area contributed by atoms with Crippen LogP contribution in [-0.4, -0.2) is 22.4 Å². The number of carbonyl (C=O) groups is 3. The van der Waals surface area contributed by atoms with Crippen LogP contribution in [0.2, 0.25) is 0 Å². The van der Waals surface area contributed by atoms with E-state index in [4.69, 9.17) is 0 Å². The van der Waals surface area contributed by atoms with Crippen LogP contribution in [0.5, 0.6) is 0 Å². The fourth-order valence-corrected chi connectivity index (χ4v) is 4.90. The number of Topliss-reactive ketones (excluding diaryl/α,β-unsaturated/α-hetero) is 2. The highest BCUT2D eigenvalue weighted by Gasteiger charge is 2.27. The molecule has 0 N–H and O–H groups in total. The Labute approximate surface area is 190 Å². The molecule has 0 atom stereocenters. The smallest absolute Gasteiger partial charge is 0.229 e. The van der Waals surface area contributed by atoms with Crippen LogP contribution < -0.4 is 0 Å². The van der Waals surface area contributed by atoms with E-state index in [2.05, 4.69) is 0 Å². The summed E-state index contributed by atoms with van der Waals surface area (Å²) in [6.07, 6.45) is 12.4. The van der Waals surface area contributed by atoms with Crippen molar-refractivity contribution < 1.29 is 14.4 Å². The number of fused-ring (bicyclic) bond motifs is 1. The molecule has 3 nitrogen and oxygen atoms in total. The van der Waals surface area contributed by atoms with Crippen molar-refractivity contribution in [3.05, 3.63) is 70.8 Å². The van der Waals surface area contributed by atoms with E-state index in [9.17, 15) is 14.4 Å². The predicted molar refractivity (Wildman–Crippen MR) is 128 cm³/mol. The maximum Gasteiger partial charge on any atom is 0.229 e. The summed E-state index contributed by atoms with van der Waals surface area (Å²) in [5.74, 6) is 0.325. The molecule has 0 aromatic heterocycles. The number of ketones is 2. The lowest BCUT2D eigenvalue weighted by Gasteiger charge is -2.05. The summed E-state index contributed by atoms with van der Waals surface area (Å²) in [6, 6.07) is 15.4. The Morgan fingerprint density at radius 1 is 0.774 bits per heavy atom. The molecule has 0 aliphatic heterocycles. The first-order valence-corrected chi connectivity index (χ1v) is 12.6. The second-order valence-electron chi connectivity index (χ2n) is 8.35. The monoisotopic (exact) mass is 436 g/mol. The number of unbranched alkanes of at least 4 members (excludes halogenated alkanes) is 8. The van der Waals surface area contributed by atoms with Crippen molar-refractivity contribution >= 4 is 28.4 Å². The standard InChI is InChI=1S/C27H32O3S/c28-25-20-23-19-21(16-17-24(23)26(25)29)13-9-6-4-2-1-3-5-7-12-18-31-27(30)22-14-10-8-11-15-22/h8,10-11,14-17,19H,1-7,9,12-13,18,20H2. The minimum Gasteiger partial charge on any atom is -0.290 e. The number of aryl methyl sites for hydroxylation is 1. The van der Waals surface area contributed by atoms with Crippen LogP contribution >= 0.6 is 11.8 Å². The van der Waals surface area contributed by atoms with Gasteiger partial charge in [-0.2, -0.15) is 0 Å². The van der Waals surface area contributed by atoms with Gasteiger partial charge in [0.1, 0.15) is 0 Å². The molecule has 2 aromatic rings. The van der Waals surface area contributed by atoms with Gasteiger partial charge in [-0.05, 0) is 30.4 Å². The highest BCUT2D eigenvalue weighted by molar-refractivity contribution is 8.14. The second kappa shape index (κ2) is 12.6. The molecule has 0 heterocycles. The molecule has 0 bridgehead atoms. The largest absolute Gasteiger partial charge is 0.290 e. The van der Waals surface area contributed by atoms with Crippen molar-refractivity contribution in [3.63, 3.8) is 0 Å². The molecule has 0 unspecified atom stereocenters. The van der Waals surface area contributed by atoms with Crippen LogP contribution in [0.4, 0.5) is 0 Å². The van der Waals surface area contributed by atoms with Gasteiger partial charge in [-0.1, -0.05) is 105 Å². The first kappa shape index (κ1) is 23.5. The van der Waals surface area contributed by atoms with Gasteiger partial charge in [-0.3, -0.25) is 14.4 Å². The summed E-state index contributed by atoms with van der Waals surface area (Å²) in [5.41, 5.74) is 3.56. The zero-order chi connectivity index (χ0) is 21.9. The predicted octanol–water partition coefficient (Wildman–Crippen LogP) is 6.62. The molecule has 3 rings (SSSR count). The van der Waals surface area contributed by atoms with E-state index in [1.54, 1.807) is 0 Å². The summed E-state index contributed by atoms with van der Waals surface area (Å²) in [6.45, 7) is 0. The van der Waals surface area contributed by atoms with Crippen LogP contribution in [0.15, 0.2) is 48.5 Å². The Hall–Kier alpha value is -2.20. The van der Waals surface area contributed by atoms with Crippen molar-refractivity contribution in [3.8, 4) is 0 Å². The number of hydrogen-bond acceptors (Lipinski definition) is 4. The van der Waals surface area contributed by atoms with E-state index >= 15 is 0 Å². The molecule has 0 radical (unpaired) electrons. The van der Waals surface area contributed by atoms with E-state index < -0.39 is 0 Å². The van der Waals surface area contributed by atoms with Crippen molar-refractivity contribution in [2.45, 2.75) is 70.6 Å². The van der Waals surface area contributed by atoms with Gasteiger partial charge in [0, 0.05) is 23.3 Å². The van der Waals surface area contributed by atoms with Crippen molar-refractivity contribution in [1.82, 2.24) is 0 Å². The van der Waals surface area contributed by atoms with Crippen LogP contribution in [0.3, 0.4) is 0 Å². The summed E-state index contributed by atoms with van der Waals surface area (Å²) < 4.78 is 0. The molecular weight excluding hydrogens is 404 g/mol. The third kappa shape index (κ3) is 7.46. The lowest BCUT2D eigenvalue weighted by atomic mass is 10.0. The average molecular weight is 437 g/mol. The SMILES string of the molecule is O=C1Cc2cc(CCCCCCCCCCCSC(=O)c3ccccc3)ccc2C1=O. The summed E-state index contributed by atoms with van der Waals surface area (Å²) >= 11 is 1.44. The molecule has 0 fully saturated rings. The topological polar surface area (TPSA) is 51.2 Å². The summed E-state index contributed by atoms with van der Waals surface area (Å²) in [7, 11) is 0. The van der Waals surface area contributed by atoms with Crippen molar-refractivity contribution in [1.29, 1.82) is 0 Å². The van der Waals surface area contributed by atoms with Crippen LogP contribution in [0, 0.1) is 0 Å².